The number of H-pyrrole nitrogens is 1. The molecule has 0 fully saturated rings. The van der Waals surface area contributed by atoms with E-state index in [2.05, 4.69) is 148 Å². The molecule has 0 radical (unpaired) electrons. The van der Waals surface area contributed by atoms with Gasteiger partial charge >= 0.3 is 19.3 Å². The van der Waals surface area contributed by atoms with Crippen LogP contribution in [0, 0.1) is 0 Å². The zero-order chi connectivity index (χ0) is 75.6. The standard InChI is InChI=1S/C32H29N3O2.C27H21N3.C26H24ClN3O2.C6H7BO2.2ClH/c1-32(2,3)37-31(36)34-21-22-14-16-25(17-15-22)30-26(23-10-6-4-7-11-23)20-27-28(35-30)18-19-33-29(27)24-12-8-5-9-13-24;28-18-19-11-13-22(14-12-19)27-23(20-7-3-1-4-8-20)17-24-25(30-27)15-16-29-26(24)21-9-5-2-6-10-21;1-26(2,3)32-25(31)29-16-17-9-11-19(12-10-17)23-20(18-7-5-4-6-8-18)15-21-22(30-23)13-14-28-24(21)27;8-7(9)6-4-2-1-3-5-6;;/h4-20H,21H2,1-3H3,(H,34,36);1-17H,18,28H2;4-15H,16H2,1-3H3,(H,29,31);1-5,8-9H;2*1H. The number of carbonyl (C=O) groups excluding carboxylic acids is 2. The molecule has 15 aromatic rings. The van der Waals surface area contributed by atoms with E-state index in [1.807, 2.05) is 200 Å². The van der Waals surface area contributed by atoms with Gasteiger partial charge in [-0.2, -0.15) is 0 Å². The second kappa shape index (κ2) is 37.7. The lowest BCUT2D eigenvalue weighted by molar-refractivity contribution is -0.386. The van der Waals surface area contributed by atoms with Crippen LogP contribution in [0.3, 0.4) is 0 Å². The van der Waals surface area contributed by atoms with E-state index in [1.54, 1.807) is 30.5 Å². The summed E-state index contributed by atoms with van der Waals surface area (Å²) in [7, 11) is -1.34. The van der Waals surface area contributed by atoms with Crippen LogP contribution < -0.4 is 51.6 Å². The molecule has 2 amide bonds. The second-order valence-electron chi connectivity index (χ2n) is 27.5. The van der Waals surface area contributed by atoms with Crippen LogP contribution in [0.2, 0.25) is 5.15 Å². The number of carbonyl (C=O) groups is 2. The van der Waals surface area contributed by atoms with Crippen molar-refractivity contribution >= 4 is 69.1 Å². The molecule has 0 saturated heterocycles. The summed E-state index contributed by atoms with van der Waals surface area (Å²) in [6, 6.07) is 97.1. The molecule has 0 unspecified atom stereocenters. The highest BCUT2D eigenvalue weighted by Crippen LogP contribution is 2.40. The average Bonchev–Trinajstić information content (AvgIpc) is 0.781. The summed E-state index contributed by atoms with van der Waals surface area (Å²) in [4.78, 5) is 51.4. The minimum Gasteiger partial charge on any atom is -1.00 e. The Morgan fingerprint density at radius 1 is 0.409 bits per heavy atom. The van der Waals surface area contributed by atoms with Crippen molar-refractivity contribution in [2.45, 2.75) is 72.4 Å². The Morgan fingerprint density at radius 2 is 0.745 bits per heavy atom. The Bertz CT molecular complexity index is 5520. The van der Waals surface area contributed by atoms with Gasteiger partial charge in [0.05, 0.1) is 51.3 Å². The Hall–Kier alpha value is -12.0. The number of aromatic nitrogens is 6. The van der Waals surface area contributed by atoms with Crippen LogP contribution in [0.1, 0.15) is 58.2 Å². The van der Waals surface area contributed by atoms with E-state index in [0.29, 0.717) is 23.7 Å². The maximum atomic E-state index is 12.0. The third-order valence-corrected chi connectivity index (χ3v) is 17.6. The third-order valence-electron chi connectivity index (χ3n) is 17.3. The number of fused-ring (bicyclic) bond motifs is 3. The molecule has 0 bridgehead atoms. The molecule has 0 aliphatic carbocycles. The van der Waals surface area contributed by atoms with Crippen LogP contribution in [0.5, 0.6) is 0 Å². The fraction of sp³-hybridized carbons (Fsp3) is 0.121. The quantitative estimate of drug-likeness (QED) is 0.0509. The van der Waals surface area contributed by atoms with Crippen molar-refractivity contribution in [2.24, 2.45) is 0 Å². The van der Waals surface area contributed by atoms with E-state index in [-0.39, 0.29) is 24.8 Å². The Morgan fingerprint density at radius 3 is 1.14 bits per heavy atom. The molecule has 552 valence electrons. The number of quaternary nitrogens is 1. The van der Waals surface area contributed by atoms with E-state index in [0.717, 1.165) is 140 Å². The molecule has 0 aliphatic rings. The molecular formula is C91H83BCl3N9O6. The first-order chi connectivity index (χ1) is 52.3. The van der Waals surface area contributed by atoms with Crippen molar-refractivity contribution in [3.05, 3.63) is 332 Å². The molecule has 0 atom stereocenters. The largest absolute Gasteiger partial charge is 1.00 e. The number of amides is 2. The Balaban J connectivity index is 0.000000165. The molecule has 19 heteroatoms. The molecule has 110 heavy (non-hydrogen) atoms. The predicted molar refractivity (Wildman–Crippen MR) is 435 cm³/mol. The number of alkyl carbamates (subject to hydrolysis) is 2. The monoisotopic (exact) mass is 1510 g/mol. The lowest BCUT2D eigenvalue weighted by atomic mass is 9.81. The van der Waals surface area contributed by atoms with Gasteiger partial charge < -0.3 is 60.7 Å². The number of aromatic amines is 1. The molecule has 15 rings (SSSR count). The molecule has 0 saturated carbocycles. The Labute approximate surface area is 658 Å². The van der Waals surface area contributed by atoms with Crippen molar-refractivity contribution in [3.63, 3.8) is 0 Å². The first-order valence-corrected chi connectivity index (χ1v) is 36.0. The second-order valence-corrected chi connectivity index (χ2v) is 27.9. The van der Waals surface area contributed by atoms with Gasteiger partial charge in [0.15, 0.2) is 6.20 Å². The fourth-order valence-electron chi connectivity index (χ4n) is 12.1. The number of nitrogens with one attached hydrogen (secondary N) is 3. The average molecular weight is 1520 g/mol. The highest BCUT2D eigenvalue weighted by atomic mass is 35.5. The summed E-state index contributed by atoms with van der Waals surface area (Å²) < 4.78 is 10.6. The lowest BCUT2D eigenvalue weighted by Crippen LogP contribution is -3.00. The maximum Gasteiger partial charge on any atom is 0.488 e. The van der Waals surface area contributed by atoms with Crippen molar-refractivity contribution in [2.75, 3.05) is 0 Å². The zero-order valence-corrected chi connectivity index (χ0v) is 64.0. The molecule has 0 aliphatic heterocycles. The minimum atomic E-state index is -1.34. The number of benzene rings is 9. The number of halogens is 3. The number of hydrogen-bond acceptors (Lipinski definition) is 11. The van der Waals surface area contributed by atoms with Gasteiger partial charge in [-0.15, -0.1) is 0 Å². The third kappa shape index (κ3) is 21.2. The summed E-state index contributed by atoms with van der Waals surface area (Å²) in [5.41, 5.74) is 25.8. The molecule has 0 spiro atoms. The van der Waals surface area contributed by atoms with Crippen molar-refractivity contribution in [3.8, 4) is 89.7 Å². The van der Waals surface area contributed by atoms with E-state index >= 15 is 0 Å². The van der Waals surface area contributed by atoms with Crippen LogP contribution in [-0.4, -0.2) is 65.5 Å². The molecule has 8 N–H and O–H groups in total. The summed E-state index contributed by atoms with van der Waals surface area (Å²) in [5.74, 6) is 0. The molecule has 6 heterocycles. The lowest BCUT2D eigenvalue weighted by Gasteiger charge is -2.19. The van der Waals surface area contributed by atoms with Gasteiger partial charge in [0, 0.05) is 92.4 Å². The van der Waals surface area contributed by atoms with Crippen LogP contribution in [-0.2, 0) is 29.1 Å². The molecular weight excluding hydrogens is 1430 g/mol. The van der Waals surface area contributed by atoms with Crippen LogP contribution in [0.4, 0.5) is 9.59 Å². The highest BCUT2D eigenvalue weighted by Gasteiger charge is 2.22. The van der Waals surface area contributed by atoms with Gasteiger partial charge in [-0.1, -0.05) is 254 Å². The predicted octanol–water partition coefficient (Wildman–Crippen LogP) is 12.5. The number of nitrogens with zero attached hydrogens (tertiary/aromatic N) is 5. The van der Waals surface area contributed by atoms with E-state index in [1.165, 1.54) is 5.56 Å². The minimum absolute atomic E-state index is 0. The maximum absolute atomic E-state index is 12.0. The van der Waals surface area contributed by atoms with Gasteiger partial charge in [0.1, 0.15) is 16.4 Å². The van der Waals surface area contributed by atoms with Crippen molar-refractivity contribution < 1.29 is 64.6 Å². The summed E-state index contributed by atoms with van der Waals surface area (Å²) in [6.45, 7) is 12.6. The van der Waals surface area contributed by atoms with Gasteiger partial charge in [0.25, 0.3) is 0 Å². The first kappa shape index (κ1) is 80.6. The van der Waals surface area contributed by atoms with Crippen LogP contribution in [0.15, 0.2) is 310 Å². The molecule has 6 aromatic heterocycles. The fourth-order valence-corrected chi connectivity index (χ4v) is 12.3. The van der Waals surface area contributed by atoms with E-state index in [4.69, 9.17) is 51.1 Å². The number of pyridine rings is 6. The smallest absolute Gasteiger partial charge is 0.488 e. The van der Waals surface area contributed by atoms with Gasteiger partial charge in [-0.05, 0) is 117 Å². The topological polar surface area (TPSA) is 223 Å². The van der Waals surface area contributed by atoms with Crippen molar-refractivity contribution in [1.29, 1.82) is 0 Å². The summed E-state index contributed by atoms with van der Waals surface area (Å²) >= 11 is 6.34. The van der Waals surface area contributed by atoms with Gasteiger partial charge in [0.2, 0.25) is 5.69 Å². The highest BCUT2D eigenvalue weighted by molar-refractivity contribution is 6.58. The van der Waals surface area contributed by atoms with Gasteiger partial charge in [-0.25, -0.2) is 34.5 Å². The van der Waals surface area contributed by atoms with Gasteiger partial charge in [-0.3, -0.25) is 4.98 Å². The zero-order valence-electron chi connectivity index (χ0n) is 61.7. The summed E-state index contributed by atoms with van der Waals surface area (Å²) in [5, 5.41) is 26.1. The number of ether oxygens (including phenoxy) is 2. The van der Waals surface area contributed by atoms with Crippen LogP contribution >= 0.6 is 11.6 Å². The first-order valence-electron chi connectivity index (χ1n) is 35.6. The van der Waals surface area contributed by atoms with Crippen LogP contribution in [0.25, 0.3) is 122 Å². The molecule has 9 aromatic carbocycles. The summed E-state index contributed by atoms with van der Waals surface area (Å²) in [6.07, 6.45) is 4.58. The normalized spacial score (nSPS) is 10.9. The SMILES string of the molecule is CC(C)(C)OC(=O)NCc1ccc(-c2nc3ccnc(-c4ccccc4)c3cc2-c2ccccc2)cc1.CC(C)(C)OC(=O)NCc1ccc(-c2nc3ccnc(Cl)c3cc2-c2ccccc2)cc1.OB(O)c1ccccc1.[Cl-].[Cl-].[NH3+]Cc1ccc(-c2nc3cc[nH+]c(-c4ccccc4)c3cc2-c2ccccc2)cc1. The number of hydrogen-bond donors (Lipinski definition) is 5. The number of rotatable bonds is 14. The van der Waals surface area contributed by atoms with Crippen molar-refractivity contribution in [1.82, 2.24) is 35.6 Å². The van der Waals surface area contributed by atoms with E-state index in [9.17, 15) is 9.59 Å². The Kier molecular flexibility index (Phi) is 27.6. The molecule has 15 nitrogen and oxygen atoms in total. The van der Waals surface area contributed by atoms with E-state index < -0.39 is 30.5 Å².